The van der Waals surface area contributed by atoms with Crippen LogP contribution in [0, 0.1) is 5.82 Å². The summed E-state index contributed by atoms with van der Waals surface area (Å²) in [6.45, 7) is 0. The summed E-state index contributed by atoms with van der Waals surface area (Å²) in [5.41, 5.74) is 3.46. The van der Waals surface area contributed by atoms with Gasteiger partial charge in [-0.3, -0.25) is 4.79 Å². The Hall–Kier alpha value is -3.20. The zero-order valence-corrected chi connectivity index (χ0v) is 15.8. The SMILES string of the molecule is O=C(CCc1c(-c2ccc(F)cc2)[nH]c2ccccc12)Nc1nnc(C(F)F)s1. The number of alkyl halides is 2. The van der Waals surface area contributed by atoms with Gasteiger partial charge in [0.1, 0.15) is 5.82 Å². The van der Waals surface area contributed by atoms with Crippen LogP contribution in [0.1, 0.15) is 23.4 Å². The van der Waals surface area contributed by atoms with Crippen molar-refractivity contribution >= 4 is 33.3 Å². The molecule has 0 saturated carbocycles. The third kappa shape index (κ3) is 4.14. The maximum absolute atomic E-state index is 13.3. The Bertz CT molecular complexity index is 1150. The average Bonchev–Trinajstić information content (AvgIpc) is 3.32. The highest BCUT2D eigenvalue weighted by molar-refractivity contribution is 7.15. The summed E-state index contributed by atoms with van der Waals surface area (Å²) in [5, 5.41) is 9.99. The summed E-state index contributed by atoms with van der Waals surface area (Å²) in [5.74, 6) is -0.677. The first-order valence-corrected chi connectivity index (χ1v) is 9.60. The van der Waals surface area contributed by atoms with E-state index in [1.165, 1.54) is 12.1 Å². The zero-order valence-electron chi connectivity index (χ0n) is 15.0. The number of carbonyl (C=O) groups is 1. The molecule has 1 amide bonds. The van der Waals surface area contributed by atoms with Crippen LogP contribution in [0.15, 0.2) is 48.5 Å². The number of amides is 1. The lowest BCUT2D eigenvalue weighted by Crippen LogP contribution is -2.12. The maximum atomic E-state index is 13.3. The van der Waals surface area contributed by atoms with E-state index in [9.17, 15) is 18.0 Å². The quantitative estimate of drug-likeness (QED) is 0.446. The van der Waals surface area contributed by atoms with Crippen molar-refractivity contribution in [2.24, 2.45) is 0 Å². The van der Waals surface area contributed by atoms with Gasteiger partial charge in [0.25, 0.3) is 6.43 Å². The number of benzene rings is 2. The fourth-order valence-corrected chi connectivity index (χ4v) is 3.73. The Kier molecular flexibility index (Phi) is 5.30. The molecule has 2 aromatic heterocycles. The molecule has 2 heterocycles. The molecule has 5 nitrogen and oxygen atoms in total. The topological polar surface area (TPSA) is 70.7 Å². The number of rotatable bonds is 6. The number of hydrogen-bond donors (Lipinski definition) is 2. The van der Waals surface area contributed by atoms with Gasteiger partial charge in [0.15, 0.2) is 5.01 Å². The molecular formula is C20H15F3N4OS. The van der Waals surface area contributed by atoms with Crippen molar-refractivity contribution in [3.8, 4) is 11.3 Å². The second kappa shape index (κ2) is 8.04. The van der Waals surface area contributed by atoms with Gasteiger partial charge in [-0.15, -0.1) is 10.2 Å². The Morgan fingerprint density at radius 1 is 1.10 bits per heavy atom. The molecule has 148 valence electrons. The first-order valence-electron chi connectivity index (χ1n) is 8.78. The van der Waals surface area contributed by atoms with Crippen molar-refractivity contribution in [2.75, 3.05) is 5.32 Å². The number of aromatic amines is 1. The predicted molar refractivity (Wildman–Crippen MR) is 106 cm³/mol. The fraction of sp³-hybridized carbons (Fsp3) is 0.150. The lowest BCUT2D eigenvalue weighted by Gasteiger charge is -2.06. The molecule has 4 rings (SSSR count). The zero-order chi connectivity index (χ0) is 20.4. The van der Waals surface area contributed by atoms with Crippen LogP contribution in [0.5, 0.6) is 0 Å². The molecule has 2 N–H and O–H groups in total. The number of hydrogen-bond acceptors (Lipinski definition) is 4. The van der Waals surface area contributed by atoms with Gasteiger partial charge in [-0.2, -0.15) is 0 Å². The largest absolute Gasteiger partial charge is 0.354 e. The summed E-state index contributed by atoms with van der Waals surface area (Å²) in [4.78, 5) is 15.6. The smallest absolute Gasteiger partial charge is 0.291 e. The molecule has 0 radical (unpaired) electrons. The molecule has 0 saturated heterocycles. The number of halogens is 3. The number of anilines is 1. The van der Waals surface area contributed by atoms with Crippen LogP contribution in [0.3, 0.4) is 0 Å². The molecule has 29 heavy (non-hydrogen) atoms. The van der Waals surface area contributed by atoms with Gasteiger partial charge in [-0.1, -0.05) is 29.5 Å². The highest BCUT2D eigenvalue weighted by Crippen LogP contribution is 2.32. The second-order valence-electron chi connectivity index (χ2n) is 6.33. The summed E-state index contributed by atoms with van der Waals surface area (Å²) >= 11 is 0.651. The van der Waals surface area contributed by atoms with Crippen molar-refractivity contribution in [1.29, 1.82) is 0 Å². The number of nitrogens with one attached hydrogen (secondary N) is 2. The minimum Gasteiger partial charge on any atom is -0.354 e. The molecule has 0 aliphatic carbocycles. The third-order valence-electron chi connectivity index (χ3n) is 4.42. The highest BCUT2D eigenvalue weighted by atomic mass is 32.1. The van der Waals surface area contributed by atoms with Gasteiger partial charge in [0.2, 0.25) is 11.0 Å². The van der Waals surface area contributed by atoms with Crippen LogP contribution < -0.4 is 5.32 Å². The van der Waals surface area contributed by atoms with Gasteiger partial charge in [0, 0.05) is 23.0 Å². The number of nitrogens with zero attached hydrogens (tertiary/aromatic N) is 2. The molecule has 0 atom stereocenters. The summed E-state index contributed by atoms with van der Waals surface area (Å²) in [7, 11) is 0. The van der Waals surface area contributed by atoms with Crippen molar-refractivity contribution in [1.82, 2.24) is 15.2 Å². The summed E-state index contributed by atoms with van der Waals surface area (Å²) in [6.07, 6.45) is -2.19. The number of para-hydroxylation sites is 1. The van der Waals surface area contributed by atoms with Crippen LogP contribution in [0.2, 0.25) is 0 Å². The standard InChI is InChI=1S/C20H15F3N4OS/c21-12-7-5-11(6-8-12)17-14(13-3-1-2-4-15(13)24-17)9-10-16(28)25-20-27-26-19(29-20)18(22)23/h1-8,18,24H,9-10H2,(H,25,27,28). The molecule has 0 bridgehead atoms. The van der Waals surface area contributed by atoms with E-state index >= 15 is 0 Å². The van der Waals surface area contributed by atoms with Gasteiger partial charge >= 0.3 is 0 Å². The lowest BCUT2D eigenvalue weighted by atomic mass is 10.0. The average molecular weight is 416 g/mol. The minimum atomic E-state index is -2.72. The van der Waals surface area contributed by atoms with Crippen LogP contribution in [-0.2, 0) is 11.2 Å². The van der Waals surface area contributed by atoms with Crippen LogP contribution >= 0.6 is 11.3 Å². The Morgan fingerprint density at radius 2 is 1.86 bits per heavy atom. The van der Waals surface area contributed by atoms with Crippen LogP contribution in [0.25, 0.3) is 22.2 Å². The fourth-order valence-electron chi connectivity index (χ4n) is 3.12. The molecule has 2 aromatic carbocycles. The minimum absolute atomic E-state index is 0.0444. The Labute approximate surface area is 167 Å². The number of fused-ring (bicyclic) bond motifs is 1. The molecule has 4 aromatic rings. The second-order valence-corrected chi connectivity index (χ2v) is 7.33. The van der Waals surface area contributed by atoms with Crippen molar-refractivity contribution in [2.45, 2.75) is 19.3 Å². The number of carbonyl (C=O) groups excluding carboxylic acids is 1. The van der Waals surface area contributed by atoms with Crippen molar-refractivity contribution in [3.63, 3.8) is 0 Å². The predicted octanol–water partition coefficient (Wildman–Crippen LogP) is 5.33. The van der Waals surface area contributed by atoms with Gasteiger partial charge in [-0.05, 0) is 47.9 Å². The molecule has 0 aliphatic heterocycles. The van der Waals surface area contributed by atoms with E-state index < -0.39 is 11.4 Å². The maximum Gasteiger partial charge on any atom is 0.291 e. The van der Waals surface area contributed by atoms with Gasteiger partial charge in [-0.25, -0.2) is 13.2 Å². The van der Waals surface area contributed by atoms with Crippen LogP contribution in [-0.4, -0.2) is 21.1 Å². The van der Waals surface area contributed by atoms with Gasteiger partial charge in [0.05, 0.1) is 0 Å². The van der Waals surface area contributed by atoms with Crippen molar-refractivity contribution < 1.29 is 18.0 Å². The normalized spacial score (nSPS) is 11.3. The Balaban J connectivity index is 1.55. The van der Waals surface area contributed by atoms with Crippen LogP contribution in [0.4, 0.5) is 18.3 Å². The van der Waals surface area contributed by atoms with E-state index in [0.717, 1.165) is 27.7 Å². The van der Waals surface area contributed by atoms with Gasteiger partial charge < -0.3 is 10.3 Å². The molecule has 0 spiro atoms. The van der Waals surface area contributed by atoms with E-state index in [4.69, 9.17) is 0 Å². The molecule has 9 heteroatoms. The number of aromatic nitrogens is 3. The van der Waals surface area contributed by atoms with E-state index in [-0.39, 0.29) is 23.3 Å². The lowest BCUT2D eigenvalue weighted by molar-refractivity contribution is -0.116. The molecule has 0 unspecified atom stereocenters. The Morgan fingerprint density at radius 3 is 2.59 bits per heavy atom. The third-order valence-corrected chi connectivity index (χ3v) is 5.27. The van der Waals surface area contributed by atoms with E-state index in [2.05, 4.69) is 20.5 Å². The monoisotopic (exact) mass is 416 g/mol. The van der Waals surface area contributed by atoms with Crippen molar-refractivity contribution in [3.05, 3.63) is 64.9 Å². The van der Waals surface area contributed by atoms with E-state index in [1.54, 1.807) is 12.1 Å². The summed E-state index contributed by atoms with van der Waals surface area (Å²) < 4.78 is 38.5. The first-order chi connectivity index (χ1) is 14.0. The first kappa shape index (κ1) is 19.1. The number of H-pyrrole nitrogens is 1. The molecule has 0 fully saturated rings. The highest BCUT2D eigenvalue weighted by Gasteiger charge is 2.17. The number of aryl methyl sites for hydroxylation is 1. The summed E-state index contributed by atoms with van der Waals surface area (Å²) in [6, 6.07) is 13.8. The van der Waals surface area contributed by atoms with E-state index in [1.807, 2.05) is 24.3 Å². The molecule has 0 aliphatic rings. The van der Waals surface area contributed by atoms with E-state index in [0.29, 0.717) is 17.8 Å². The molecular weight excluding hydrogens is 401 g/mol.